The van der Waals surface area contributed by atoms with Gasteiger partial charge in [0.05, 0.1) is 6.54 Å². The van der Waals surface area contributed by atoms with Crippen molar-refractivity contribution in [2.24, 2.45) is 0 Å². The van der Waals surface area contributed by atoms with E-state index in [0.29, 0.717) is 24.1 Å². The molecule has 1 aromatic carbocycles. The Labute approximate surface area is 152 Å². The average Bonchev–Trinajstić information content (AvgIpc) is 3.05. The smallest absolute Gasteiger partial charge is 0.234 e. The lowest BCUT2D eigenvalue weighted by atomic mass is 9.91. The summed E-state index contributed by atoms with van der Waals surface area (Å²) < 4.78 is 0. The molecule has 1 amide bonds. The minimum atomic E-state index is 0.102. The summed E-state index contributed by atoms with van der Waals surface area (Å²) in [6, 6.07) is 10.6. The van der Waals surface area contributed by atoms with E-state index in [1.165, 1.54) is 23.3 Å². The van der Waals surface area contributed by atoms with E-state index >= 15 is 0 Å². The van der Waals surface area contributed by atoms with Crippen LogP contribution in [0.15, 0.2) is 30.3 Å². The summed E-state index contributed by atoms with van der Waals surface area (Å²) in [7, 11) is 0. The fourth-order valence-corrected chi connectivity index (χ4v) is 3.94. The summed E-state index contributed by atoms with van der Waals surface area (Å²) in [5.41, 5.74) is 6.94. The summed E-state index contributed by atoms with van der Waals surface area (Å²) in [6.45, 7) is 3.10. The number of carbonyl (C=O) groups excluding carboxylic acids is 1. The maximum atomic E-state index is 12.2. The fourth-order valence-electron chi connectivity index (χ4n) is 3.29. The van der Waals surface area contributed by atoms with Crippen molar-refractivity contribution in [3.05, 3.63) is 40.9 Å². The standard InChI is InChI=1S/C18H25N5OS/c19-18-22-21-17(25-18)9-4-10-20-16(24)13-23-11-5-8-15(12-23)14-6-2-1-3-7-14/h1-3,6-7,15H,4-5,8-13H2,(H2,19,22)(H,20,24)/t15-/m1/s1. The minimum absolute atomic E-state index is 0.102. The van der Waals surface area contributed by atoms with Gasteiger partial charge in [-0.1, -0.05) is 41.7 Å². The van der Waals surface area contributed by atoms with Crippen LogP contribution in [-0.2, 0) is 11.2 Å². The number of piperidine rings is 1. The summed E-state index contributed by atoms with van der Waals surface area (Å²) in [6.07, 6.45) is 4.00. The number of carbonyl (C=O) groups is 1. The van der Waals surface area contributed by atoms with E-state index in [2.05, 4.69) is 44.7 Å². The topological polar surface area (TPSA) is 84.1 Å². The number of rotatable bonds is 7. The third-order valence-electron chi connectivity index (χ3n) is 4.52. The molecule has 3 rings (SSSR count). The lowest BCUT2D eigenvalue weighted by molar-refractivity contribution is -0.122. The van der Waals surface area contributed by atoms with Crippen LogP contribution in [0.1, 0.15) is 35.8 Å². The number of nitrogens with two attached hydrogens (primary N) is 1. The number of likely N-dealkylation sites (tertiary alicyclic amines) is 1. The molecule has 0 spiro atoms. The van der Waals surface area contributed by atoms with Crippen molar-refractivity contribution < 1.29 is 4.79 Å². The third kappa shape index (κ3) is 5.51. The van der Waals surface area contributed by atoms with E-state index in [-0.39, 0.29) is 5.91 Å². The van der Waals surface area contributed by atoms with Crippen LogP contribution < -0.4 is 11.1 Å². The van der Waals surface area contributed by atoms with E-state index in [4.69, 9.17) is 5.73 Å². The first-order valence-electron chi connectivity index (χ1n) is 8.82. The number of anilines is 1. The Balaban J connectivity index is 1.37. The van der Waals surface area contributed by atoms with Crippen molar-refractivity contribution >= 4 is 22.4 Å². The molecule has 0 unspecified atom stereocenters. The number of hydrogen-bond acceptors (Lipinski definition) is 6. The molecule has 1 aliphatic rings. The van der Waals surface area contributed by atoms with Gasteiger partial charge in [-0.2, -0.15) is 0 Å². The van der Waals surface area contributed by atoms with Gasteiger partial charge in [0, 0.05) is 19.5 Å². The Morgan fingerprint density at radius 2 is 2.16 bits per heavy atom. The Bertz CT molecular complexity index is 675. The highest BCUT2D eigenvalue weighted by atomic mass is 32.1. The summed E-state index contributed by atoms with van der Waals surface area (Å²) in [5.74, 6) is 0.635. The van der Waals surface area contributed by atoms with Gasteiger partial charge in [0.2, 0.25) is 11.0 Å². The van der Waals surface area contributed by atoms with Gasteiger partial charge < -0.3 is 11.1 Å². The molecule has 25 heavy (non-hydrogen) atoms. The van der Waals surface area contributed by atoms with Crippen molar-refractivity contribution in [3.8, 4) is 0 Å². The van der Waals surface area contributed by atoms with Crippen LogP contribution in [0.5, 0.6) is 0 Å². The van der Waals surface area contributed by atoms with Crippen molar-refractivity contribution in [2.45, 2.75) is 31.6 Å². The third-order valence-corrected chi connectivity index (χ3v) is 5.33. The second kappa shape index (κ2) is 8.92. The highest BCUT2D eigenvalue weighted by Crippen LogP contribution is 2.26. The van der Waals surface area contributed by atoms with Crippen LogP contribution in [0.2, 0.25) is 0 Å². The molecule has 0 radical (unpaired) electrons. The molecule has 7 heteroatoms. The molecule has 1 saturated heterocycles. The van der Waals surface area contributed by atoms with Crippen LogP contribution in [0.25, 0.3) is 0 Å². The first-order valence-corrected chi connectivity index (χ1v) is 9.64. The van der Waals surface area contributed by atoms with Crippen molar-refractivity contribution in [2.75, 3.05) is 31.9 Å². The quantitative estimate of drug-likeness (QED) is 0.739. The molecule has 0 aliphatic carbocycles. The molecule has 1 fully saturated rings. The van der Waals surface area contributed by atoms with Crippen LogP contribution in [0.4, 0.5) is 5.13 Å². The molecule has 1 atom stereocenters. The second-order valence-corrected chi connectivity index (χ2v) is 7.57. The second-order valence-electron chi connectivity index (χ2n) is 6.47. The highest BCUT2D eigenvalue weighted by molar-refractivity contribution is 7.15. The van der Waals surface area contributed by atoms with Gasteiger partial charge in [0.25, 0.3) is 0 Å². The predicted octanol–water partition coefficient (Wildman–Crippen LogP) is 2.05. The number of nitrogens with zero attached hydrogens (tertiary/aromatic N) is 3. The van der Waals surface area contributed by atoms with Gasteiger partial charge in [-0.3, -0.25) is 9.69 Å². The molecule has 1 aliphatic heterocycles. The molecule has 1 aromatic heterocycles. The zero-order chi connectivity index (χ0) is 17.5. The first kappa shape index (κ1) is 17.8. The lowest BCUT2D eigenvalue weighted by Crippen LogP contribution is -2.42. The number of hydrogen-bond donors (Lipinski definition) is 2. The minimum Gasteiger partial charge on any atom is -0.374 e. The predicted molar refractivity (Wildman–Crippen MR) is 101 cm³/mol. The van der Waals surface area contributed by atoms with E-state index < -0.39 is 0 Å². The normalized spacial score (nSPS) is 18.2. The summed E-state index contributed by atoms with van der Waals surface area (Å²) in [5, 5.41) is 12.2. The Kier molecular flexibility index (Phi) is 6.36. The number of nitrogen functional groups attached to an aromatic ring is 1. The number of benzene rings is 1. The lowest BCUT2D eigenvalue weighted by Gasteiger charge is -2.32. The van der Waals surface area contributed by atoms with Crippen molar-refractivity contribution in [1.29, 1.82) is 0 Å². The SMILES string of the molecule is Nc1nnc(CCCNC(=O)CN2CCC[C@@H](c3ccccc3)C2)s1. The Morgan fingerprint density at radius 1 is 1.32 bits per heavy atom. The van der Waals surface area contributed by atoms with E-state index in [0.717, 1.165) is 37.4 Å². The number of aryl methyl sites for hydroxylation is 1. The molecular formula is C18H25N5OS. The summed E-state index contributed by atoms with van der Waals surface area (Å²) in [4.78, 5) is 14.4. The number of aromatic nitrogens is 2. The van der Waals surface area contributed by atoms with Gasteiger partial charge in [-0.15, -0.1) is 10.2 Å². The van der Waals surface area contributed by atoms with E-state index in [1.807, 2.05) is 6.07 Å². The zero-order valence-corrected chi connectivity index (χ0v) is 15.2. The van der Waals surface area contributed by atoms with Crippen LogP contribution >= 0.6 is 11.3 Å². The van der Waals surface area contributed by atoms with Crippen LogP contribution in [0, 0.1) is 0 Å². The maximum Gasteiger partial charge on any atom is 0.234 e. The largest absolute Gasteiger partial charge is 0.374 e. The van der Waals surface area contributed by atoms with E-state index in [9.17, 15) is 4.79 Å². The molecular weight excluding hydrogens is 334 g/mol. The van der Waals surface area contributed by atoms with Gasteiger partial charge in [0.15, 0.2) is 0 Å². The molecule has 6 nitrogen and oxygen atoms in total. The molecule has 2 heterocycles. The van der Waals surface area contributed by atoms with Crippen LogP contribution in [-0.4, -0.2) is 47.2 Å². The van der Waals surface area contributed by atoms with Gasteiger partial charge in [-0.05, 0) is 37.3 Å². The Morgan fingerprint density at radius 3 is 2.92 bits per heavy atom. The number of nitrogens with one attached hydrogen (secondary N) is 1. The Hall–Kier alpha value is -1.99. The van der Waals surface area contributed by atoms with Gasteiger partial charge in [0.1, 0.15) is 5.01 Å². The molecule has 0 saturated carbocycles. The number of amides is 1. The van der Waals surface area contributed by atoms with Crippen molar-refractivity contribution in [1.82, 2.24) is 20.4 Å². The van der Waals surface area contributed by atoms with Crippen molar-refractivity contribution in [3.63, 3.8) is 0 Å². The van der Waals surface area contributed by atoms with Gasteiger partial charge >= 0.3 is 0 Å². The average molecular weight is 359 g/mol. The maximum absolute atomic E-state index is 12.2. The molecule has 134 valence electrons. The fraction of sp³-hybridized carbons (Fsp3) is 0.500. The van der Waals surface area contributed by atoms with Gasteiger partial charge in [-0.25, -0.2) is 0 Å². The molecule has 3 N–H and O–H groups in total. The zero-order valence-electron chi connectivity index (χ0n) is 14.4. The highest BCUT2D eigenvalue weighted by Gasteiger charge is 2.22. The van der Waals surface area contributed by atoms with Crippen LogP contribution in [0.3, 0.4) is 0 Å². The first-order chi connectivity index (χ1) is 12.2. The summed E-state index contributed by atoms with van der Waals surface area (Å²) >= 11 is 1.41. The van der Waals surface area contributed by atoms with E-state index in [1.54, 1.807) is 0 Å². The molecule has 2 aromatic rings. The molecule has 0 bridgehead atoms. The monoisotopic (exact) mass is 359 g/mol.